The molecule has 0 saturated carbocycles. The second-order valence-corrected chi connectivity index (χ2v) is 5.38. The van der Waals surface area contributed by atoms with Crippen molar-refractivity contribution >= 4 is 15.9 Å². The Bertz CT molecular complexity index is 541. The minimum absolute atomic E-state index is 1.10. The van der Waals surface area contributed by atoms with Crippen LogP contribution in [0.15, 0.2) is 40.9 Å². The summed E-state index contributed by atoms with van der Waals surface area (Å²) in [5.74, 6) is 0. The van der Waals surface area contributed by atoms with Crippen molar-refractivity contribution in [3.63, 3.8) is 0 Å². The van der Waals surface area contributed by atoms with Gasteiger partial charge in [0.15, 0.2) is 0 Å². The average molecular weight is 289 g/mol. The van der Waals surface area contributed by atoms with Gasteiger partial charge >= 0.3 is 0 Å². The third kappa shape index (κ3) is 2.61. The van der Waals surface area contributed by atoms with E-state index in [4.69, 9.17) is 0 Å². The minimum Gasteiger partial charge on any atom is -0.0613 e. The van der Waals surface area contributed by atoms with Crippen LogP contribution in [0.4, 0.5) is 0 Å². The summed E-state index contributed by atoms with van der Waals surface area (Å²) in [6.45, 7) is 6.54. The summed E-state index contributed by atoms with van der Waals surface area (Å²) in [6.07, 6.45) is 1.10. The summed E-state index contributed by atoms with van der Waals surface area (Å²) in [6, 6.07) is 13.2. The Kier molecular flexibility index (Phi) is 3.68. The Morgan fingerprint density at radius 2 is 1.47 bits per heavy atom. The molecule has 0 heterocycles. The highest BCUT2D eigenvalue weighted by Gasteiger charge is 2.05. The first-order valence-electron chi connectivity index (χ1n) is 5.98. The molecule has 0 spiro atoms. The molecule has 2 aromatic rings. The van der Waals surface area contributed by atoms with Crippen LogP contribution in [0, 0.1) is 13.8 Å². The van der Waals surface area contributed by atoms with E-state index < -0.39 is 0 Å². The number of hydrogen-bond acceptors (Lipinski definition) is 0. The van der Waals surface area contributed by atoms with Gasteiger partial charge in [-0.3, -0.25) is 0 Å². The molecule has 0 N–H and O–H groups in total. The van der Waals surface area contributed by atoms with Crippen LogP contribution >= 0.6 is 15.9 Å². The number of hydrogen-bond donors (Lipinski definition) is 0. The molecule has 0 aliphatic rings. The van der Waals surface area contributed by atoms with Gasteiger partial charge in [-0.2, -0.15) is 0 Å². The Morgan fingerprint density at radius 3 is 2.00 bits per heavy atom. The zero-order valence-corrected chi connectivity index (χ0v) is 12.1. The van der Waals surface area contributed by atoms with Gasteiger partial charge in [0.2, 0.25) is 0 Å². The summed E-state index contributed by atoms with van der Waals surface area (Å²) < 4.78 is 1.14. The number of rotatable bonds is 2. The normalized spacial score (nSPS) is 10.6. The van der Waals surface area contributed by atoms with E-state index in [9.17, 15) is 0 Å². The molecule has 2 rings (SSSR count). The average Bonchev–Trinajstić information content (AvgIpc) is 2.30. The van der Waals surface area contributed by atoms with Gasteiger partial charge in [0.1, 0.15) is 0 Å². The molecule has 0 aliphatic carbocycles. The SMILES string of the molecule is CCc1ccc(-c2ccc(Br)cc2C)c(C)c1. The van der Waals surface area contributed by atoms with E-state index >= 15 is 0 Å². The van der Waals surface area contributed by atoms with Crippen molar-refractivity contribution in [2.75, 3.05) is 0 Å². The zero-order chi connectivity index (χ0) is 12.4. The molecule has 0 bridgehead atoms. The van der Waals surface area contributed by atoms with Crippen LogP contribution in [0.25, 0.3) is 11.1 Å². The van der Waals surface area contributed by atoms with Gasteiger partial charge in [-0.15, -0.1) is 0 Å². The molecule has 0 amide bonds. The van der Waals surface area contributed by atoms with Gasteiger partial charge in [-0.25, -0.2) is 0 Å². The minimum atomic E-state index is 1.10. The van der Waals surface area contributed by atoms with Crippen molar-refractivity contribution in [1.29, 1.82) is 0 Å². The van der Waals surface area contributed by atoms with Crippen molar-refractivity contribution in [2.24, 2.45) is 0 Å². The predicted octanol–water partition coefficient (Wildman–Crippen LogP) is 5.30. The summed E-state index contributed by atoms with van der Waals surface area (Å²) in [7, 11) is 0. The predicted molar refractivity (Wildman–Crippen MR) is 78.4 cm³/mol. The maximum atomic E-state index is 3.51. The molecule has 0 saturated heterocycles. The van der Waals surface area contributed by atoms with E-state index in [1.807, 2.05) is 0 Å². The van der Waals surface area contributed by atoms with Crippen molar-refractivity contribution in [3.05, 3.63) is 57.6 Å². The summed E-state index contributed by atoms with van der Waals surface area (Å²) in [4.78, 5) is 0. The fourth-order valence-electron chi connectivity index (χ4n) is 2.18. The molecule has 0 aromatic heterocycles. The lowest BCUT2D eigenvalue weighted by molar-refractivity contribution is 1.13. The van der Waals surface area contributed by atoms with E-state index in [1.54, 1.807) is 0 Å². The molecule has 0 aliphatic heterocycles. The van der Waals surface area contributed by atoms with Crippen LogP contribution < -0.4 is 0 Å². The molecule has 1 heteroatoms. The lowest BCUT2D eigenvalue weighted by atomic mass is 9.95. The number of halogens is 1. The highest BCUT2D eigenvalue weighted by atomic mass is 79.9. The highest BCUT2D eigenvalue weighted by molar-refractivity contribution is 9.10. The Labute approximate surface area is 112 Å². The monoisotopic (exact) mass is 288 g/mol. The topological polar surface area (TPSA) is 0 Å². The largest absolute Gasteiger partial charge is 0.0613 e. The fourth-order valence-corrected chi connectivity index (χ4v) is 2.65. The quantitative estimate of drug-likeness (QED) is 0.704. The molecule has 0 unspecified atom stereocenters. The standard InChI is InChI=1S/C16H17Br/c1-4-13-5-7-15(11(2)9-13)16-8-6-14(17)10-12(16)3/h5-10H,4H2,1-3H3. The maximum absolute atomic E-state index is 3.51. The Balaban J connectivity index is 2.53. The third-order valence-electron chi connectivity index (χ3n) is 3.18. The number of aryl methyl sites for hydroxylation is 3. The third-order valence-corrected chi connectivity index (χ3v) is 3.67. The molecule has 2 aromatic carbocycles. The van der Waals surface area contributed by atoms with E-state index in [0.29, 0.717) is 0 Å². The smallest absolute Gasteiger partial charge is 0.0178 e. The molecule has 0 nitrogen and oxygen atoms in total. The summed E-state index contributed by atoms with van der Waals surface area (Å²) in [5.41, 5.74) is 6.74. The van der Waals surface area contributed by atoms with E-state index in [-0.39, 0.29) is 0 Å². The first-order chi connectivity index (χ1) is 8.11. The van der Waals surface area contributed by atoms with Gasteiger partial charge < -0.3 is 0 Å². The van der Waals surface area contributed by atoms with E-state index in [2.05, 4.69) is 73.1 Å². The lowest BCUT2D eigenvalue weighted by Crippen LogP contribution is -1.89. The van der Waals surface area contributed by atoms with Gasteiger partial charge in [0.05, 0.1) is 0 Å². The Hall–Kier alpha value is -1.08. The fraction of sp³-hybridized carbons (Fsp3) is 0.250. The molecule has 0 radical (unpaired) electrons. The number of benzene rings is 2. The van der Waals surface area contributed by atoms with E-state index in [0.717, 1.165) is 10.9 Å². The zero-order valence-electron chi connectivity index (χ0n) is 10.5. The van der Waals surface area contributed by atoms with Crippen molar-refractivity contribution < 1.29 is 0 Å². The van der Waals surface area contributed by atoms with Crippen LogP contribution in [0.5, 0.6) is 0 Å². The highest BCUT2D eigenvalue weighted by Crippen LogP contribution is 2.29. The molecule has 0 atom stereocenters. The van der Waals surface area contributed by atoms with Crippen LogP contribution in [0.3, 0.4) is 0 Å². The van der Waals surface area contributed by atoms with Gasteiger partial charge in [0, 0.05) is 4.47 Å². The van der Waals surface area contributed by atoms with Crippen LogP contribution in [-0.2, 0) is 6.42 Å². The lowest BCUT2D eigenvalue weighted by Gasteiger charge is -2.11. The van der Waals surface area contributed by atoms with Crippen molar-refractivity contribution in [1.82, 2.24) is 0 Å². The van der Waals surface area contributed by atoms with Crippen LogP contribution in [-0.4, -0.2) is 0 Å². The van der Waals surface area contributed by atoms with Crippen LogP contribution in [0.1, 0.15) is 23.6 Å². The van der Waals surface area contributed by atoms with Gasteiger partial charge in [-0.05, 0) is 60.2 Å². The maximum Gasteiger partial charge on any atom is 0.0178 e. The molecule has 17 heavy (non-hydrogen) atoms. The first-order valence-corrected chi connectivity index (χ1v) is 6.77. The first kappa shape index (κ1) is 12.4. The molecular weight excluding hydrogens is 272 g/mol. The van der Waals surface area contributed by atoms with E-state index in [1.165, 1.54) is 27.8 Å². The molecule has 88 valence electrons. The summed E-state index contributed by atoms with van der Waals surface area (Å²) in [5, 5.41) is 0. The van der Waals surface area contributed by atoms with Gasteiger partial charge in [0.25, 0.3) is 0 Å². The van der Waals surface area contributed by atoms with Gasteiger partial charge in [-0.1, -0.05) is 47.1 Å². The second-order valence-electron chi connectivity index (χ2n) is 4.46. The van der Waals surface area contributed by atoms with Crippen molar-refractivity contribution in [3.8, 4) is 11.1 Å². The summed E-state index contributed by atoms with van der Waals surface area (Å²) >= 11 is 3.51. The van der Waals surface area contributed by atoms with Crippen LogP contribution in [0.2, 0.25) is 0 Å². The molecular formula is C16H17Br. The second kappa shape index (κ2) is 5.05. The Morgan fingerprint density at radius 1 is 0.882 bits per heavy atom. The van der Waals surface area contributed by atoms with Crippen molar-refractivity contribution in [2.45, 2.75) is 27.2 Å². The molecule has 0 fully saturated rings.